The van der Waals surface area contributed by atoms with E-state index in [0.29, 0.717) is 32.7 Å². The molecule has 0 aliphatic rings. The summed E-state index contributed by atoms with van der Waals surface area (Å²) in [6.45, 7) is 1.91. The quantitative estimate of drug-likeness (QED) is 0.684. The van der Waals surface area contributed by atoms with Gasteiger partial charge in [-0.2, -0.15) is 0 Å². The third-order valence-electron chi connectivity index (χ3n) is 2.54. The summed E-state index contributed by atoms with van der Waals surface area (Å²) >= 11 is 1.03. The molecule has 0 bridgehead atoms. The van der Waals surface area contributed by atoms with Gasteiger partial charge in [0.05, 0.1) is 6.61 Å². The number of methoxy groups -OCH3 is 2. The van der Waals surface area contributed by atoms with Gasteiger partial charge in [0.25, 0.3) is 5.91 Å². The number of rotatable bonds is 9. The summed E-state index contributed by atoms with van der Waals surface area (Å²) in [4.78, 5) is 28.5. The van der Waals surface area contributed by atoms with Gasteiger partial charge >= 0.3 is 5.97 Å². The van der Waals surface area contributed by atoms with E-state index < -0.39 is 5.97 Å². The summed E-state index contributed by atoms with van der Waals surface area (Å²) in [6.07, 6.45) is 0.698. The van der Waals surface area contributed by atoms with Crippen molar-refractivity contribution < 1.29 is 24.2 Å². The molecule has 1 amide bonds. The van der Waals surface area contributed by atoms with E-state index in [0.717, 1.165) is 11.3 Å². The van der Waals surface area contributed by atoms with Crippen LogP contribution in [-0.4, -0.2) is 67.4 Å². The van der Waals surface area contributed by atoms with E-state index in [2.05, 4.69) is 4.98 Å². The molecule has 0 aliphatic heterocycles. The molecule has 1 heterocycles. The fraction of sp³-hybridized carbons (Fsp3) is 0.583. The number of carboxylic acid groups (broad SMARTS) is 1. The van der Waals surface area contributed by atoms with E-state index in [-0.39, 0.29) is 16.6 Å². The first kappa shape index (κ1) is 16.5. The Labute approximate surface area is 121 Å². The number of aromatic nitrogens is 1. The zero-order chi connectivity index (χ0) is 15.0. The van der Waals surface area contributed by atoms with E-state index >= 15 is 0 Å². The topological polar surface area (TPSA) is 89.0 Å². The van der Waals surface area contributed by atoms with Gasteiger partial charge in [0.15, 0.2) is 10.7 Å². The predicted octanol–water partition coefficient (Wildman–Crippen LogP) is 0.966. The molecule has 0 aliphatic carbocycles. The van der Waals surface area contributed by atoms with Crippen LogP contribution in [0, 0.1) is 0 Å². The highest BCUT2D eigenvalue weighted by Gasteiger charge is 2.20. The van der Waals surface area contributed by atoms with Crippen LogP contribution in [0.2, 0.25) is 0 Å². The zero-order valence-corrected chi connectivity index (χ0v) is 12.3. The van der Waals surface area contributed by atoms with Gasteiger partial charge in [0, 0.05) is 39.3 Å². The van der Waals surface area contributed by atoms with Crippen molar-refractivity contribution in [3.63, 3.8) is 0 Å². The lowest BCUT2D eigenvalue weighted by molar-refractivity contribution is 0.0672. The summed E-state index contributed by atoms with van der Waals surface area (Å²) < 4.78 is 9.93. The van der Waals surface area contributed by atoms with Crippen LogP contribution < -0.4 is 0 Å². The lowest BCUT2D eigenvalue weighted by atomic mass is 10.3. The average molecular weight is 302 g/mol. The molecule has 0 atom stereocenters. The monoisotopic (exact) mass is 302 g/mol. The molecule has 8 heteroatoms. The summed E-state index contributed by atoms with van der Waals surface area (Å²) in [6, 6.07) is 0. The molecule has 0 saturated heterocycles. The molecule has 112 valence electrons. The number of nitrogens with zero attached hydrogens (tertiary/aromatic N) is 2. The first-order valence-corrected chi connectivity index (χ1v) is 6.94. The van der Waals surface area contributed by atoms with Gasteiger partial charge < -0.3 is 19.5 Å². The van der Waals surface area contributed by atoms with E-state index in [9.17, 15) is 9.59 Å². The molecule has 0 aromatic carbocycles. The van der Waals surface area contributed by atoms with Crippen LogP contribution in [0.1, 0.15) is 26.7 Å². The molecule has 1 aromatic rings. The highest BCUT2D eigenvalue weighted by atomic mass is 32.1. The van der Waals surface area contributed by atoms with Gasteiger partial charge in [-0.1, -0.05) is 0 Å². The summed E-state index contributed by atoms with van der Waals surface area (Å²) in [5.74, 6) is -1.42. The van der Waals surface area contributed by atoms with Gasteiger partial charge in [-0.15, -0.1) is 11.3 Å². The van der Waals surface area contributed by atoms with Gasteiger partial charge in [-0.05, 0) is 6.42 Å². The predicted molar refractivity (Wildman–Crippen MR) is 73.3 cm³/mol. The lowest BCUT2D eigenvalue weighted by Crippen LogP contribution is -2.35. The Morgan fingerprint density at radius 2 is 2.00 bits per heavy atom. The van der Waals surface area contributed by atoms with E-state index in [1.165, 1.54) is 5.38 Å². The Hall–Kier alpha value is -1.51. The second-order valence-electron chi connectivity index (χ2n) is 3.97. The fourth-order valence-electron chi connectivity index (χ4n) is 1.52. The molecular formula is C12H18N2O5S. The van der Waals surface area contributed by atoms with Crippen molar-refractivity contribution in [2.45, 2.75) is 6.42 Å². The molecule has 0 spiro atoms. The van der Waals surface area contributed by atoms with Crippen LogP contribution in [0.5, 0.6) is 0 Å². The number of aromatic carboxylic acids is 1. The van der Waals surface area contributed by atoms with Crippen molar-refractivity contribution in [2.24, 2.45) is 0 Å². The number of carboxylic acids is 1. The van der Waals surface area contributed by atoms with Gasteiger partial charge in [0.1, 0.15) is 0 Å². The maximum Gasteiger partial charge on any atom is 0.355 e. The molecule has 7 nitrogen and oxygen atoms in total. The maximum absolute atomic E-state index is 12.3. The number of carbonyl (C=O) groups is 2. The van der Waals surface area contributed by atoms with Crippen molar-refractivity contribution in [1.82, 2.24) is 9.88 Å². The Morgan fingerprint density at radius 3 is 2.55 bits per heavy atom. The zero-order valence-electron chi connectivity index (χ0n) is 11.5. The van der Waals surface area contributed by atoms with Crippen LogP contribution >= 0.6 is 11.3 Å². The average Bonchev–Trinajstić information content (AvgIpc) is 2.92. The molecule has 20 heavy (non-hydrogen) atoms. The summed E-state index contributed by atoms with van der Waals surface area (Å²) in [5.41, 5.74) is -0.109. The van der Waals surface area contributed by atoms with Gasteiger partial charge in [0.2, 0.25) is 0 Å². The standard InChI is InChI=1S/C12H18N2O5S/c1-18-6-3-4-14(5-7-19-2)11(15)10-13-9(8-20-10)12(16)17/h8H,3-7H2,1-2H3,(H,16,17). The Kier molecular flexibility index (Phi) is 7.13. The molecule has 0 unspecified atom stereocenters. The van der Waals surface area contributed by atoms with Crippen molar-refractivity contribution in [1.29, 1.82) is 0 Å². The first-order chi connectivity index (χ1) is 9.60. The smallest absolute Gasteiger partial charge is 0.355 e. The maximum atomic E-state index is 12.3. The van der Waals surface area contributed by atoms with Crippen LogP contribution in [0.4, 0.5) is 0 Å². The highest BCUT2D eigenvalue weighted by Crippen LogP contribution is 2.13. The SMILES string of the molecule is COCCCN(CCOC)C(=O)c1nc(C(=O)O)cs1. The minimum Gasteiger partial charge on any atom is -0.476 e. The Morgan fingerprint density at radius 1 is 1.30 bits per heavy atom. The molecule has 1 rings (SSSR count). The number of thiazole rings is 1. The minimum absolute atomic E-state index is 0.109. The molecule has 1 N–H and O–H groups in total. The normalized spacial score (nSPS) is 10.5. The minimum atomic E-state index is -1.14. The third kappa shape index (κ3) is 4.87. The number of ether oxygens (including phenoxy) is 2. The lowest BCUT2D eigenvalue weighted by Gasteiger charge is -2.21. The van der Waals surface area contributed by atoms with Gasteiger partial charge in [-0.3, -0.25) is 4.79 Å². The largest absolute Gasteiger partial charge is 0.476 e. The van der Waals surface area contributed by atoms with E-state index in [4.69, 9.17) is 14.6 Å². The Balaban J connectivity index is 2.71. The van der Waals surface area contributed by atoms with Crippen molar-refractivity contribution in [2.75, 3.05) is 40.5 Å². The van der Waals surface area contributed by atoms with Crippen LogP contribution in [0.3, 0.4) is 0 Å². The number of carbonyl (C=O) groups excluding carboxylic acids is 1. The van der Waals surface area contributed by atoms with Crippen LogP contribution in [0.15, 0.2) is 5.38 Å². The number of amides is 1. The second kappa shape index (κ2) is 8.62. The molecule has 0 saturated carbocycles. The van der Waals surface area contributed by atoms with Crippen molar-refractivity contribution in [3.8, 4) is 0 Å². The molecule has 0 radical (unpaired) electrons. The molecule has 1 aromatic heterocycles. The number of hydrogen-bond donors (Lipinski definition) is 1. The van der Waals surface area contributed by atoms with Crippen LogP contribution in [0.25, 0.3) is 0 Å². The van der Waals surface area contributed by atoms with E-state index in [1.54, 1.807) is 19.1 Å². The van der Waals surface area contributed by atoms with E-state index in [1.807, 2.05) is 0 Å². The van der Waals surface area contributed by atoms with Gasteiger partial charge in [-0.25, -0.2) is 9.78 Å². The fourth-order valence-corrected chi connectivity index (χ4v) is 2.28. The third-order valence-corrected chi connectivity index (χ3v) is 3.37. The van der Waals surface area contributed by atoms with Crippen molar-refractivity contribution >= 4 is 23.2 Å². The molecular weight excluding hydrogens is 284 g/mol. The highest BCUT2D eigenvalue weighted by molar-refractivity contribution is 7.11. The van der Waals surface area contributed by atoms with Crippen molar-refractivity contribution in [3.05, 3.63) is 16.1 Å². The summed E-state index contributed by atoms with van der Waals surface area (Å²) in [5, 5.41) is 10.4. The molecule has 0 fully saturated rings. The number of hydrogen-bond acceptors (Lipinski definition) is 6. The second-order valence-corrected chi connectivity index (χ2v) is 4.83. The van der Waals surface area contributed by atoms with Crippen LogP contribution in [-0.2, 0) is 9.47 Å². The first-order valence-electron chi connectivity index (χ1n) is 6.06. The Bertz CT molecular complexity index is 449. The summed E-state index contributed by atoms with van der Waals surface area (Å²) in [7, 11) is 3.16.